The van der Waals surface area contributed by atoms with Crippen LogP contribution in [-0.2, 0) is 23.9 Å². The van der Waals surface area contributed by atoms with Crippen LogP contribution in [-0.4, -0.2) is 49.8 Å². The van der Waals surface area contributed by atoms with Crippen LogP contribution in [0.15, 0.2) is 24.3 Å². The van der Waals surface area contributed by atoms with Gasteiger partial charge in [-0.2, -0.15) is 0 Å². The van der Waals surface area contributed by atoms with Gasteiger partial charge in [0.1, 0.15) is 11.7 Å². The van der Waals surface area contributed by atoms with E-state index in [1.807, 2.05) is 0 Å². The van der Waals surface area contributed by atoms with Crippen molar-refractivity contribution in [1.82, 2.24) is 0 Å². The summed E-state index contributed by atoms with van der Waals surface area (Å²) < 4.78 is 14.7. The van der Waals surface area contributed by atoms with E-state index in [0.717, 1.165) is 0 Å². The topological polar surface area (TPSA) is 99.1 Å². The van der Waals surface area contributed by atoms with Crippen molar-refractivity contribution in [2.75, 3.05) is 21.3 Å². The molecule has 0 bridgehead atoms. The fourth-order valence-electron chi connectivity index (χ4n) is 3.50. The minimum absolute atomic E-state index is 0.334. The van der Waals surface area contributed by atoms with Crippen LogP contribution in [0.2, 0.25) is 0 Å². The quantitative estimate of drug-likeness (QED) is 0.641. The van der Waals surface area contributed by atoms with Gasteiger partial charge in [-0.05, 0) is 24.6 Å². The average molecular weight is 350 g/mol. The minimum atomic E-state index is -1.64. The van der Waals surface area contributed by atoms with Gasteiger partial charge in [-0.1, -0.05) is 12.1 Å². The predicted octanol–water partition coefficient (Wildman–Crippen LogP) is 1.08. The number of ether oxygens (including phenoxy) is 3. The Morgan fingerprint density at radius 3 is 2.12 bits per heavy atom. The Morgan fingerprint density at radius 2 is 1.64 bits per heavy atom. The third-order valence-corrected chi connectivity index (χ3v) is 4.68. The van der Waals surface area contributed by atoms with Gasteiger partial charge in [0.05, 0.1) is 32.8 Å². The van der Waals surface area contributed by atoms with Gasteiger partial charge in [-0.15, -0.1) is 0 Å². The molecule has 0 aliphatic heterocycles. The van der Waals surface area contributed by atoms with Gasteiger partial charge in [-0.25, -0.2) is 0 Å². The van der Waals surface area contributed by atoms with Crippen LogP contribution in [0.5, 0.6) is 5.75 Å². The van der Waals surface area contributed by atoms with E-state index in [-0.39, 0.29) is 6.42 Å². The highest BCUT2D eigenvalue weighted by Crippen LogP contribution is 2.46. The number of ketones is 1. The van der Waals surface area contributed by atoms with Crippen LogP contribution < -0.4 is 4.74 Å². The lowest BCUT2D eigenvalue weighted by molar-refractivity contribution is -0.170. The Kier molecular flexibility index (Phi) is 5.47. The molecule has 1 aliphatic carbocycles. The van der Waals surface area contributed by atoms with E-state index in [9.17, 15) is 19.5 Å². The molecule has 25 heavy (non-hydrogen) atoms. The van der Waals surface area contributed by atoms with E-state index in [2.05, 4.69) is 0 Å². The third-order valence-electron chi connectivity index (χ3n) is 4.68. The first-order valence-electron chi connectivity index (χ1n) is 7.81. The second-order valence-corrected chi connectivity index (χ2v) is 6.30. The van der Waals surface area contributed by atoms with E-state index < -0.39 is 41.1 Å². The first kappa shape index (κ1) is 18.9. The Bertz CT molecular complexity index is 663. The maximum Gasteiger partial charge on any atom is 0.316 e. The van der Waals surface area contributed by atoms with Gasteiger partial charge < -0.3 is 19.3 Å². The third kappa shape index (κ3) is 3.51. The molecule has 1 N–H and O–H groups in total. The van der Waals surface area contributed by atoms with Crippen molar-refractivity contribution < 1.29 is 33.7 Å². The highest BCUT2D eigenvalue weighted by Gasteiger charge is 2.56. The Hall–Kier alpha value is -2.41. The summed E-state index contributed by atoms with van der Waals surface area (Å²) in [6, 6.07) is 6.63. The molecule has 0 amide bonds. The van der Waals surface area contributed by atoms with Crippen LogP contribution in [0.4, 0.5) is 0 Å². The molecule has 0 saturated heterocycles. The fourth-order valence-corrected chi connectivity index (χ4v) is 3.50. The van der Waals surface area contributed by atoms with Crippen molar-refractivity contribution >= 4 is 17.7 Å². The van der Waals surface area contributed by atoms with Crippen LogP contribution in [0.1, 0.15) is 24.8 Å². The number of methoxy groups -OCH3 is 3. The molecule has 0 radical (unpaired) electrons. The molecule has 1 aromatic carbocycles. The van der Waals surface area contributed by atoms with Gasteiger partial charge in [0.2, 0.25) is 0 Å². The molecular weight excluding hydrogens is 328 g/mol. The number of carbonyl (C=O) groups excluding carboxylic acids is 3. The Morgan fingerprint density at radius 1 is 1.08 bits per heavy atom. The maximum atomic E-state index is 12.5. The van der Waals surface area contributed by atoms with Gasteiger partial charge >= 0.3 is 11.9 Å². The van der Waals surface area contributed by atoms with Crippen LogP contribution in [0.25, 0.3) is 0 Å². The van der Waals surface area contributed by atoms with Crippen molar-refractivity contribution in [2.24, 2.45) is 11.8 Å². The molecule has 0 spiro atoms. The van der Waals surface area contributed by atoms with Crippen molar-refractivity contribution in [3.05, 3.63) is 29.8 Å². The van der Waals surface area contributed by atoms with E-state index in [4.69, 9.17) is 14.2 Å². The molecule has 0 aromatic heterocycles. The summed E-state index contributed by atoms with van der Waals surface area (Å²) in [6.45, 7) is 1.40. The first-order chi connectivity index (χ1) is 11.8. The van der Waals surface area contributed by atoms with Gasteiger partial charge in [0.25, 0.3) is 0 Å². The number of carbonyl (C=O) groups is 3. The number of aliphatic hydroxyl groups is 1. The largest absolute Gasteiger partial charge is 0.497 e. The molecule has 2 rings (SSSR count). The van der Waals surface area contributed by atoms with Gasteiger partial charge in [-0.3, -0.25) is 14.4 Å². The molecule has 136 valence electrons. The number of rotatable bonds is 4. The average Bonchev–Trinajstić information content (AvgIpc) is 2.59. The van der Waals surface area contributed by atoms with Crippen molar-refractivity contribution in [3.63, 3.8) is 0 Å². The standard InChI is InChI=1S/C18H22O7/c1-18(22)9-12(19)14(16(20)24-3)13(15(18)17(21)25-4)10-5-7-11(23-2)8-6-10/h5-8,13-15,22H,9H2,1-4H3/t13-,14-,15+,18+/m1/s1. The predicted molar refractivity (Wildman–Crippen MR) is 87.0 cm³/mol. The van der Waals surface area contributed by atoms with Gasteiger partial charge in [0.15, 0.2) is 5.78 Å². The molecule has 7 nitrogen and oxygen atoms in total. The molecule has 1 aliphatic rings. The zero-order valence-electron chi connectivity index (χ0n) is 14.6. The van der Waals surface area contributed by atoms with E-state index in [1.54, 1.807) is 24.3 Å². The van der Waals surface area contributed by atoms with Gasteiger partial charge in [0, 0.05) is 12.3 Å². The zero-order chi connectivity index (χ0) is 18.8. The van der Waals surface area contributed by atoms with Crippen molar-refractivity contribution in [3.8, 4) is 5.75 Å². The molecular formula is C18H22O7. The second kappa shape index (κ2) is 7.23. The summed E-state index contributed by atoms with van der Waals surface area (Å²) >= 11 is 0. The summed E-state index contributed by atoms with van der Waals surface area (Å²) in [6.07, 6.45) is -0.334. The SMILES string of the molecule is COC(=O)[C@@H]1C(=O)C[C@](C)(O)[C@H](C(=O)OC)[C@@H]1c1ccc(OC)cc1. The molecule has 1 aromatic rings. The van der Waals surface area contributed by atoms with E-state index in [0.29, 0.717) is 11.3 Å². The normalized spacial score (nSPS) is 29.0. The summed E-state index contributed by atoms with van der Waals surface area (Å²) in [4.78, 5) is 37.2. The maximum absolute atomic E-state index is 12.5. The number of benzene rings is 1. The summed E-state index contributed by atoms with van der Waals surface area (Å²) in [7, 11) is 3.89. The van der Waals surface area contributed by atoms with Crippen LogP contribution >= 0.6 is 0 Å². The lowest BCUT2D eigenvalue weighted by Gasteiger charge is -2.43. The minimum Gasteiger partial charge on any atom is -0.497 e. The highest BCUT2D eigenvalue weighted by molar-refractivity contribution is 6.02. The first-order valence-corrected chi connectivity index (χ1v) is 7.81. The Balaban J connectivity index is 2.61. The molecule has 1 saturated carbocycles. The lowest BCUT2D eigenvalue weighted by atomic mass is 9.62. The smallest absolute Gasteiger partial charge is 0.316 e. The molecule has 7 heteroatoms. The van der Waals surface area contributed by atoms with Crippen LogP contribution in [0, 0.1) is 11.8 Å². The number of hydrogen-bond acceptors (Lipinski definition) is 7. The summed E-state index contributed by atoms with van der Waals surface area (Å²) in [5.74, 6) is -4.50. The van der Waals surface area contributed by atoms with E-state index >= 15 is 0 Å². The van der Waals surface area contributed by atoms with Crippen molar-refractivity contribution in [1.29, 1.82) is 0 Å². The highest BCUT2D eigenvalue weighted by atomic mass is 16.5. The van der Waals surface area contributed by atoms with Crippen molar-refractivity contribution in [2.45, 2.75) is 24.9 Å². The van der Waals surface area contributed by atoms with Crippen LogP contribution in [0.3, 0.4) is 0 Å². The second-order valence-electron chi connectivity index (χ2n) is 6.30. The van der Waals surface area contributed by atoms with E-state index in [1.165, 1.54) is 28.3 Å². The Labute approximate surface area is 145 Å². The monoisotopic (exact) mass is 350 g/mol. The zero-order valence-corrected chi connectivity index (χ0v) is 14.6. The summed E-state index contributed by atoms with van der Waals surface area (Å²) in [5, 5.41) is 10.7. The molecule has 1 fully saturated rings. The molecule has 4 atom stereocenters. The molecule has 0 heterocycles. The fraction of sp³-hybridized carbons (Fsp3) is 0.500. The number of esters is 2. The lowest BCUT2D eigenvalue weighted by Crippen LogP contribution is -2.55. The number of hydrogen-bond donors (Lipinski definition) is 1. The number of Topliss-reactive ketones (excluding diaryl/α,β-unsaturated/α-hetero) is 1. The molecule has 0 unspecified atom stereocenters. The summed E-state index contributed by atoms with van der Waals surface area (Å²) in [5.41, 5.74) is -1.10.